The molecule has 1 aromatic rings. The number of urea groups is 1. The van der Waals surface area contributed by atoms with Crippen LogP contribution in [0.4, 0.5) is 10.5 Å². The fraction of sp³-hybridized carbons (Fsp3) is 0.611. The minimum absolute atomic E-state index is 0.0347. The van der Waals surface area contributed by atoms with Gasteiger partial charge in [0, 0.05) is 51.0 Å². The summed E-state index contributed by atoms with van der Waals surface area (Å²) >= 11 is 0. The molecule has 3 N–H and O–H groups in total. The highest BCUT2D eigenvalue weighted by Crippen LogP contribution is 2.17. The Morgan fingerprint density at radius 2 is 2.04 bits per heavy atom. The van der Waals surface area contributed by atoms with Gasteiger partial charge in [0.25, 0.3) is 0 Å². The summed E-state index contributed by atoms with van der Waals surface area (Å²) < 4.78 is 0. The monoisotopic (exact) mass is 334 g/mol. The lowest BCUT2D eigenvalue weighted by atomic mass is 10.1. The predicted molar refractivity (Wildman–Crippen MR) is 97.5 cm³/mol. The highest BCUT2D eigenvalue weighted by molar-refractivity contribution is 5.74. The second kappa shape index (κ2) is 9.49. The van der Waals surface area contributed by atoms with Gasteiger partial charge >= 0.3 is 6.03 Å². The van der Waals surface area contributed by atoms with E-state index in [0.717, 1.165) is 39.1 Å². The van der Waals surface area contributed by atoms with E-state index in [1.165, 1.54) is 11.3 Å². The molecule has 0 aromatic heterocycles. The van der Waals surface area contributed by atoms with Crippen molar-refractivity contribution in [2.45, 2.75) is 26.3 Å². The minimum Gasteiger partial charge on any atom is -0.395 e. The first-order valence-electron chi connectivity index (χ1n) is 8.77. The molecule has 1 atom stereocenters. The molecule has 1 fully saturated rings. The van der Waals surface area contributed by atoms with Crippen LogP contribution in [0, 0.1) is 6.92 Å². The number of rotatable bonds is 7. The Labute approximate surface area is 144 Å². The number of aliphatic hydroxyl groups is 1. The highest BCUT2D eigenvalue weighted by atomic mass is 16.3. The number of anilines is 1. The van der Waals surface area contributed by atoms with E-state index >= 15 is 0 Å². The molecule has 1 unspecified atom stereocenters. The van der Waals surface area contributed by atoms with Crippen molar-refractivity contribution in [3.8, 4) is 0 Å². The van der Waals surface area contributed by atoms with Gasteiger partial charge in [0.05, 0.1) is 6.61 Å². The van der Waals surface area contributed by atoms with Crippen LogP contribution in [-0.4, -0.2) is 68.0 Å². The summed E-state index contributed by atoms with van der Waals surface area (Å²) in [6.45, 7) is 9.58. The number of nitrogens with one attached hydrogen (secondary N) is 2. The van der Waals surface area contributed by atoms with Crippen molar-refractivity contribution in [2.24, 2.45) is 0 Å². The van der Waals surface area contributed by atoms with Crippen molar-refractivity contribution in [1.29, 1.82) is 0 Å². The largest absolute Gasteiger partial charge is 0.395 e. The zero-order valence-electron chi connectivity index (χ0n) is 14.8. The van der Waals surface area contributed by atoms with E-state index in [9.17, 15) is 4.79 Å². The Hall–Kier alpha value is -1.79. The molecule has 6 heteroatoms. The van der Waals surface area contributed by atoms with Gasteiger partial charge in [-0.3, -0.25) is 4.90 Å². The number of amides is 2. The van der Waals surface area contributed by atoms with Gasteiger partial charge in [-0.1, -0.05) is 12.1 Å². The molecule has 1 heterocycles. The van der Waals surface area contributed by atoms with E-state index in [1.807, 2.05) is 6.92 Å². The summed E-state index contributed by atoms with van der Waals surface area (Å²) in [5.41, 5.74) is 2.61. The Morgan fingerprint density at radius 1 is 1.29 bits per heavy atom. The summed E-state index contributed by atoms with van der Waals surface area (Å²) in [5.74, 6) is 0. The van der Waals surface area contributed by atoms with Crippen LogP contribution in [0.2, 0.25) is 0 Å². The molecule has 0 spiro atoms. The van der Waals surface area contributed by atoms with Crippen LogP contribution in [0.25, 0.3) is 0 Å². The normalized spacial score (nSPS) is 16.7. The van der Waals surface area contributed by atoms with Crippen LogP contribution in [0.15, 0.2) is 24.3 Å². The number of piperazine rings is 1. The molecule has 6 nitrogen and oxygen atoms in total. The van der Waals surface area contributed by atoms with E-state index < -0.39 is 0 Å². The summed E-state index contributed by atoms with van der Waals surface area (Å²) in [6, 6.07) is 8.59. The van der Waals surface area contributed by atoms with Crippen molar-refractivity contribution >= 4 is 11.7 Å². The zero-order valence-corrected chi connectivity index (χ0v) is 14.8. The van der Waals surface area contributed by atoms with Crippen molar-refractivity contribution in [2.75, 3.05) is 50.8 Å². The number of hydrogen-bond donors (Lipinski definition) is 3. The first-order chi connectivity index (χ1) is 11.6. The third-order valence-corrected chi connectivity index (χ3v) is 4.39. The molecule has 0 saturated carbocycles. The number of carbonyl (C=O) groups is 1. The molecule has 0 aliphatic carbocycles. The fourth-order valence-corrected chi connectivity index (χ4v) is 2.95. The standard InChI is InChI=1S/C18H30N4O2/c1-15-4-3-5-17(14-15)22-11-9-21(10-12-22)8-6-16(2)20-18(24)19-7-13-23/h3-5,14,16,23H,6-13H2,1-2H3,(H2,19,20,24). The van der Waals surface area contributed by atoms with Gasteiger partial charge in [0.2, 0.25) is 0 Å². The van der Waals surface area contributed by atoms with Gasteiger partial charge in [-0.25, -0.2) is 4.79 Å². The molecule has 0 radical (unpaired) electrons. The third-order valence-electron chi connectivity index (χ3n) is 4.39. The van der Waals surface area contributed by atoms with Crippen LogP contribution < -0.4 is 15.5 Å². The second-order valence-electron chi connectivity index (χ2n) is 6.48. The molecule has 2 rings (SSSR count). The van der Waals surface area contributed by atoms with Crippen molar-refractivity contribution in [3.63, 3.8) is 0 Å². The van der Waals surface area contributed by atoms with Gasteiger partial charge < -0.3 is 20.6 Å². The molecular formula is C18H30N4O2. The van der Waals surface area contributed by atoms with E-state index in [0.29, 0.717) is 6.54 Å². The van der Waals surface area contributed by atoms with Crippen LogP contribution >= 0.6 is 0 Å². The first-order valence-corrected chi connectivity index (χ1v) is 8.77. The quantitative estimate of drug-likeness (QED) is 0.701. The van der Waals surface area contributed by atoms with E-state index in [4.69, 9.17) is 5.11 Å². The molecule has 1 saturated heterocycles. The maximum atomic E-state index is 11.5. The van der Waals surface area contributed by atoms with E-state index in [2.05, 4.69) is 51.6 Å². The number of nitrogens with zero attached hydrogens (tertiary/aromatic N) is 2. The molecular weight excluding hydrogens is 304 g/mol. The smallest absolute Gasteiger partial charge is 0.315 e. The minimum atomic E-state index is -0.208. The zero-order chi connectivity index (χ0) is 17.4. The van der Waals surface area contributed by atoms with Crippen molar-refractivity contribution < 1.29 is 9.90 Å². The van der Waals surface area contributed by atoms with Gasteiger partial charge in [-0.15, -0.1) is 0 Å². The maximum Gasteiger partial charge on any atom is 0.315 e. The van der Waals surface area contributed by atoms with Crippen LogP contribution in [0.1, 0.15) is 18.9 Å². The Morgan fingerprint density at radius 3 is 2.71 bits per heavy atom. The average molecular weight is 334 g/mol. The summed E-state index contributed by atoms with van der Waals surface area (Å²) in [6.07, 6.45) is 0.928. The topological polar surface area (TPSA) is 67.8 Å². The number of hydrogen-bond acceptors (Lipinski definition) is 4. The van der Waals surface area contributed by atoms with Gasteiger partial charge in [-0.05, 0) is 38.0 Å². The number of aliphatic hydroxyl groups excluding tert-OH is 1. The van der Waals surface area contributed by atoms with Crippen molar-refractivity contribution in [1.82, 2.24) is 15.5 Å². The lowest BCUT2D eigenvalue weighted by molar-refractivity contribution is 0.223. The Kier molecular flexibility index (Phi) is 7.34. The molecule has 24 heavy (non-hydrogen) atoms. The third kappa shape index (κ3) is 6.02. The molecule has 0 bridgehead atoms. The summed E-state index contributed by atoms with van der Waals surface area (Å²) in [5, 5.41) is 14.2. The molecule has 1 aliphatic rings. The average Bonchev–Trinajstić information content (AvgIpc) is 2.58. The molecule has 134 valence electrons. The van der Waals surface area contributed by atoms with Crippen LogP contribution in [-0.2, 0) is 0 Å². The van der Waals surface area contributed by atoms with Gasteiger partial charge in [0.1, 0.15) is 0 Å². The van der Waals surface area contributed by atoms with Crippen molar-refractivity contribution in [3.05, 3.63) is 29.8 Å². The number of benzene rings is 1. The Bertz CT molecular complexity index is 515. The highest BCUT2D eigenvalue weighted by Gasteiger charge is 2.18. The van der Waals surface area contributed by atoms with E-state index in [-0.39, 0.29) is 18.7 Å². The van der Waals surface area contributed by atoms with Crippen LogP contribution in [0.5, 0.6) is 0 Å². The Balaban J connectivity index is 1.67. The summed E-state index contributed by atoms with van der Waals surface area (Å²) in [7, 11) is 0. The molecule has 2 amide bonds. The number of aryl methyl sites for hydroxylation is 1. The molecule has 1 aliphatic heterocycles. The maximum absolute atomic E-state index is 11.5. The van der Waals surface area contributed by atoms with E-state index in [1.54, 1.807) is 0 Å². The van der Waals surface area contributed by atoms with Gasteiger partial charge in [-0.2, -0.15) is 0 Å². The van der Waals surface area contributed by atoms with Gasteiger partial charge in [0.15, 0.2) is 0 Å². The lowest BCUT2D eigenvalue weighted by Gasteiger charge is -2.36. The SMILES string of the molecule is Cc1cccc(N2CCN(CCC(C)NC(=O)NCCO)CC2)c1. The first kappa shape index (κ1) is 18.5. The lowest BCUT2D eigenvalue weighted by Crippen LogP contribution is -2.48. The summed E-state index contributed by atoms with van der Waals surface area (Å²) in [4.78, 5) is 16.4. The second-order valence-corrected chi connectivity index (χ2v) is 6.48. The predicted octanol–water partition coefficient (Wildman–Crippen LogP) is 1.19. The van der Waals surface area contributed by atoms with Crippen LogP contribution in [0.3, 0.4) is 0 Å². The number of carbonyl (C=O) groups excluding carboxylic acids is 1. The molecule has 1 aromatic carbocycles. The fourth-order valence-electron chi connectivity index (χ4n) is 2.95.